The van der Waals surface area contributed by atoms with Gasteiger partial charge in [0.15, 0.2) is 17.5 Å². The fourth-order valence-corrected chi connectivity index (χ4v) is 2.77. The Morgan fingerprint density at radius 1 is 1.20 bits per heavy atom. The lowest BCUT2D eigenvalue weighted by Gasteiger charge is -2.14. The first kappa shape index (κ1) is 16.9. The molecule has 1 unspecified atom stereocenters. The van der Waals surface area contributed by atoms with Crippen molar-refractivity contribution >= 4 is 10.0 Å². The number of benzene rings is 1. The summed E-state index contributed by atoms with van der Waals surface area (Å²) >= 11 is 0. The zero-order valence-electron chi connectivity index (χ0n) is 11.0. The fraction of sp³-hybridized carbons (Fsp3) is 0.500. The average molecular weight is 311 g/mol. The minimum Gasteiger partial charge on any atom is -0.392 e. The van der Waals surface area contributed by atoms with E-state index in [1.807, 2.05) is 18.6 Å². The van der Waals surface area contributed by atoms with Crippen LogP contribution in [0.1, 0.15) is 20.3 Å². The Labute approximate surface area is 115 Å². The van der Waals surface area contributed by atoms with E-state index in [0.29, 0.717) is 18.6 Å². The van der Waals surface area contributed by atoms with Crippen molar-refractivity contribution in [3.05, 3.63) is 29.6 Å². The molecule has 0 aliphatic carbocycles. The Bertz CT molecular complexity index is 576. The second-order valence-corrected chi connectivity index (χ2v) is 6.54. The normalized spacial score (nSPS) is 13.8. The second-order valence-electron chi connectivity index (χ2n) is 4.81. The molecule has 20 heavy (non-hydrogen) atoms. The monoisotopic (exact) mass is 311 g/mol. The molecule has 1 aromatic carbocycles. The molecule has 0 heterocycles. The summed E-state index contributed by atoms with van der Waals surface area (Å²) in [6.07, 6.45) is -0.596. The van der Waals surface area contributed by atoms with Crippen LogP contribution in [-0.2, 0) is 10.0 Å². The Hall–Kier alpha value is -1.12. The standard InChI is InChI=1S/C12H16F3NO3S/c1-7(2)5-8(17)6-16-20(18,19)10-4-3-9(13)11(14)12(10)15/h3-4,7-8,16-17H,5-6H2,1-2H3. The smallest absolute Gasteiger partial charge is 0.243 e. The van der Waals surface area contributed by atoms with E-state index in [4.69, 9.17) is 0 Å². The number of hydrogen-bond acceptors (Lipinski definition) is 3. The number of halogens is 3. The van der Waals surface area contributed by atoms with Crippen molar-refractivity contribution in [2.75, 3.05) is 6.54 Å². The van der Waals surface area contributed by atoms with Crippen LogP contribution in [0.2, 0.25) is 0 Å². The Balaban J connectivity index is 2.87. The molecule has 2 N–H and O–H groups in total. The third kappa shape index (κ3) is 4.19. The van der Waals surface area contributed by atoms with Crippen LogP contribution in [0.5, 0.6) is 0 Å². The first-order valence-electron chi connectivity index (χ1n) is 5.96. The van der Waals surface area contributed by atoms with Gasteiger partial charge in [-0.05, 0) is 24.5 Å². The van der Waals surface area contributed by atoms with Crippen LogP contribution in [0.15, 0.2) is 17.0 Å². The van der Waals surface area contributed by atoms with Gasteiger partial charge in [0.2, 0.25) is 10.0 Å². The lowest BCUT2D eigenvalue weighted by molar-refractivity contribution is 0.152. The SMILES string of the molecule is CC(C)CC(O)CNS(=O)(=O)c1ccc(F)c(F)c1F. The molecule has 0 aliphatic heterocycles. The third-order valence-electron chi connectivity index (χ3n) is 2.54. The molecule has 1 atom stereocenters. The van der Waals surface area contributed by atoms with Crippen molar-refractivity contribution in [1.29, 1.82) is 0 Å². The molecule has 0 amide bonds. The molecule has 0 aliphatic rings. The molecule has 0 aromatic heterocycles. The van der Waals surface area contributed by atoms with E-state index >= 15 is 0 Å². The van der Waals surface area contributed by atoms with E-state index in [9.17, 15) is 26.7 Å². The van der Waals surface area contributed by atoms with Crippen molar-refractivity contribution in [2.24, 2.45) is 5.92 Å². The van der Waals surface area contributed by atoms with E-state index in [-0.39, 0.29) is 12.5 Å². The second kappa shape index (κ2) is 6.55. The number of aliphatic hydroxyl groups excluding tert-OH is 1. The third-order valence-corrected chi connectivity index (χ3v) is 3.98. The van der Waals surface area contributed by atoms with Gasteiger partial charge in [0.1, 0.15) is 4.90 Å². The predicted molar refractivity (Wildman–Crippen MR) is 67.0 cm³/mol. The van der Waals surface area contributed by atoms with Gasteiger partial charge in [-0.2, -0.15) is 0 Å². The first-order chi connectivity index (χ1) is 9.15. The van der Waals surface area contributed by atoms with Crippen LogP contribution in [0.3, 0.4) is 0 Å². The van der Waals surface area contributed by atoms with E-state index in [1.54, 1.807) is 0 Å². The van der Waals surface area contributed by atoms with Crippen LogP contribution < -0.4 is 4.72 Å². The van der Waals surface area contributed by atoms with Crippen molar-refractivity contribution in [1.82, 2.24) is 4.72 Å². The number of sulfonamides is 1. The Kier molecular flexibility index (Phi) is 5.55. The maximum atomic E-state index is 13.4. The fourth-order valence-electron chi connectivity index (χ4n) is 1.63. The molecular formula is C12H16F3NO3S. The molecule has 0 bridgehead atoms. The highest BCUT2D eigenvalue weighted by molar-refractivity contribution is 7.89. The molecule has 1 rings (SSSR count). The number of rotatable bonds is 6. The summed E-state index contributed by atoms with van der Waals surface area (Å²) in [6.45, 7) is 3.35. The van der Waals surface area contributed by atoms with Gasteiger partial charge in [0, 0.05) is 6.54 Å². The molecule has 0 saturated heterocycles. The van der Waals surface area contributed by atoms with Crippen LogP contribution in [0.4, 0.5) is 13.2 Å². The summed E-state index contributed by atoms with van der Waals surface area (Å²) in [6, 6.07) is 1.16. The molecule has 0 fully saturated rings. The quantitative estimate of drug-likeness (QED) is 0.787. The highest BCUT2D eigenvalue weighted by atomic mass is 32.2. The van der Waals surface area contributed by atoms with Crippen LogP contribution in [-0.4, -0.2) is 26.2 Å². The van der Waals surface area contributed by atoms with E-state index in [0.717, 1.165) is 0 Å². The Morgan fingerprint density at radius 2 is 1.80 bits per heavy atom. The van der Waals surface area contributed by atoms with Gasteiger partial charge >= 0.3 is 0 Å². The van der Waals surface area contributed by atoms with E-state index < -0.39 is 38.5 Å². The topological polar surface area (TPSA) is 66.4 Å². The van der Waals surface area contributed by atoms with Crippen LogP contribution in [0, 0.1) is 23.4 Å². The Morgan fingerprint density at radius 3 is 2.35 bits per heavy atom. The van der Waals surface area contributed by atoms with Gasteiger partial charge in [-0.25, -0.2) is 26.3 Å². The van der Waals surface area contributed by atoms with E-state index in [2.05, 4.69) is 0 Å². The number of aliphatic hydroxyl groups is 1. The molecule has 8 heteroatoms. The summed E-state index contributed by atoms with van der Waals surface area (Å²) in [5, 5.41) is 9.54. The zero-order valence-corrected chi connectivity index (χ0v) is 11.8. The number of hydrogen-bond donors (Lipinski definition) is 2. The maximum absolute atomic E-state index is 13.4. The predicted octanol–water partition coefficient (Wildman–Crippen LogP) is 1.79. The zero-order chi connectivity index (χ0) is 15.5. The number of nitrogens with one attached hydrogen (secondary N) is 1. The highest BCUT2D eigenvalue weighted by Gasteiger charge is 2.24. The molecule has 0 spiro atoms. The van der Waals surface area contributed by atoms with Gasteiger partial charge in [0.25, 0.3) is 0 Å². The molecular weight excluding hydrogens is 295 g/mol. The minimum absolute atomic E-state index is 0.148. The summed E-state index contributed by atoms with van der Waals surface area (Å²) in [7, 11) is -4.35. The largest absolute Gasteiger partial charge is 0.392 e. The molecule has 0 saturated carbocycles. The lowest BCUT2D eigenvalue weighted by Crippen LogP contribution is -2.33. The van der Waals surface area contributed by atoms with Gasteiger partial charge in [-0.3, -0.25) is 0 Å². The summed E-state index contributed by atoms with van der Waals surface area (Å²) in [5.41, 5.74) is 0. The minimum atomic E-state index is -4.35. The van der Waals surface area contributed by atoms with Gasteiger partial charge in [-0.1, -0.05) is 13.8 Å². The van der Waals surface area contributed by atoms with Crippen molar-refractivity contribution in [2.45, 2.75) is 31.3 Å². The van der Waals surface area contributed by atoms with Crippen molar-refractivity contribution in [3.63, 3.8) is 0 Å². The molecule has 1 aromatic rings. The molecule has 0 radical (unpaired) electrons. The summed E-state index contributed by atoms with van der Waals surface area (Å²) in [5.74, 6) is -4.96. The van der Waals surface area contributed by atoms with Gasteiger partial charge in [-0.15, -0.1) is 0 Å². The molecule has 114 valence electrons. The van der Waals surface area contributed by atoms with Gasteiger partial charge < -0.3 is 5.11 Å². The van der Waals surface area contributed by atoms with E-state index in [1.165, 1.54) is 0 Å². The summed E-state index contributed by atoms with van der Waals surface area (Å²) < 4.78 is 64.6. The van der Waals surface area contributed by atoms with Crippen molar-refractivity contribution in [3.8, 4) is 0 Å². The van der Waals surface area contributed by atoms with Crippen LogP contribution >= 0.6 is 0 Å². The highest BCUT2D eigenvalue weighted by Crippen LogP contribution is 2.19. The lowest BCUT2D eigenvalue weighted by atomic mass is 10.1. The summed E-state index contributed by atoms with van der Waals surface area (Å²) in [4.78, 5) is -0.992. The average Bonchev–Trinajstić information content (AvgIpc) is 2.32. The molecule has 4 nitrogen and oxygen atoms in total. The first-order valence-corrected chi connectivity index (χ1v) is 7.44. The van der Waals surface area contributed by atoms with Crippen molar-refractivity contribution < 1.29 is 26.7 Å². The van der Waals surface area contributed by atoms with Crippen LogP contribution in [0.25, 0.3) is 0 Å². The van der Waals surface area contributed by atoms with Gasteiger partial charge in [0.05, 0.1) is 6.10 Å². The maximum Gasteiger partial charge on any atom is 0.243 e.